The number of nitrogens with zero attached hydrogens (tertiary/aromatic N) is 1. The van der Waals surface area contributed by atoms with Crippen molar-refractivity contribution in [3.8, 4) is 0 Å². The lowest BCUT2D eigenvalue weighted by Crippen LogP contribution is -2.48. The number of nitrogens with one attached hydrogen (secondary N) is 1. The standard InChI is InChI=1S/C16H28N2O2/c1-4-17-11-16(8-5-9-19-13-16)12-18(3)10-15-7-6-14(2)20-15/h6-7,17H,4-5,8-13H2,1-3H3. The van der Waals surface area contributed by atoms with Crippen molar-refractivity contribution in [2.45, 2.75) is 33.2 Å². The average molecular weight is 280 g/mol. The molecule has 1 saturated heterocycles. The Balaban J connectivity index is 1.92. The minimum absolute atomic E-state index is 0.241. The minimum atomic E-state index is 0.241. The smallest absolute Gasteiger partial charge is 0.118 e. The van der Waals surface area contributed by atoms with Gasteiger partial charge in [-0.25, -0.2) is 0 Å². The molecule has 0 aliphatic carbocycles. The number of furan rings is 1. The van der Waals surface area contributed by atoms with E-state index in [9.17, 15) is 0 Å². The third-order valence-electron chi connectivity index (χ3n) is 3.98. The van der Waals surface area contributed by atoms with Crippen LogP contribution >= 0.6 is 0 Å². The lowest BCUT2D eigenvalue weighted by molar-refractivity contribution is -0.0241. The van der Waals surface area contributed by atoms with Gasteiger partial charge in [-0.3, -0.25) is 4.90 Å². The molecule has 1 aromatic rings. The van der Waals surface area contributed by atoms with Crippen LogP contribution < -0.4 is 5.32 Å². The molecule has 2 rings (SSSR count). The third kappa shape index (κ3) is 4.33. The Morgan fingerprint density at radius 1 is 1.40 bits per heavy atom. The van der Waals surface area contributed by atoms with E-state index in [-0.39, 0.29) is 5.41 Å². The molecule has 1 aliphatic rings. The third-order valence-corrected chi connectivity index (χ3v) is 3.98. The number of rotatable bonds is 7. The van der Waals surface area contributed by atoms with E-state index in [0.29, 0.717) is 0 Å². The fourth-order valence-corrected chi connectivity index (χ4v) is 3.08. The van der Waals surface area contributed by atoms with Gasteiger partial charge in [-0.05, 0) is 45.5 Å². The van der Waals surface area contributed by atoms with Gasteiger partial charge in [0.25, 0.3) is 0 Å². The SMILES string of the molecule is CCNCC1(CN(C)Cc2ccc(C)o2)CCCOC1. The zero-order valence-electron chi connectivity index (χ0n) is 13.1. The second-order valence-corrected chi connectivity index (χ2v) is 6.12. The molecule has 4 heteroatoms. The topological polar surface area (TPSA) is 37.6 Å². The van der Waals surface area contributed by atoms with Crippen LogP contribution in [0, 0.1) is 12.3 Å². The van der Waals surface area contributed by atoms with E-state index >= 15 is 0 Å². The van der Waals surface area contributed by atoms with E-state index in [2.05, 4.69) is 30.3 Å². The molecule has 0 bridgehead atoms. The molecule has 1 aromatic heterocycles. The molecule has 1 fully saturated rings. The molecule has 1 unspecified atom stereocenters. The summed E-state index contributed by atoms with van der Waals surface area (Å²) in [6.45, 7) is 9.88. The number of hydrogen-bond acceptors (Lipinski definition) is 4. The Labute approximate surface area is 122 Å². The van der Waals surface area contributed by atoms with Crippen molar-refractivity contribution < 1.29 is 9.15 Å². The van der Waals surface area contributed by atoms with Gasteiger partial charge >= 0.3 is 0 Å². The highest BCUT2D eigenvalue weighted by Crippen LogP contribution is 2.29. The van der Waals surface area contributed by atoms with Crippen molar-refractivity contribution in [1.29, 1.82) is 0 Å². The molecular weight excluding hydrogens is 252 g/mol. The summed E-state index contributed by atoms with van der Waals surface area (Å²) in [5.41, 5.74) is 0.241. The molecule has 0 radical (unpaired) electrons. The lowest BCUT2D eigenvalue weighted by atomic mass is 9.81. The van der Waals surface area contributed by atoms with Crippen LogP contribution in [0.25, 0.3) is 0 Å². The number of ether oxygens (including phenoxy) is 1. The lowest BCUT2D eigenvalue weighted by Gasteiger charge is -2.40. The molecule has 0 aromatic carbocycles. The molecule has 20 heavy (non-hydrogen) atoms. The summed E-state index contributed by atoms with van der Waals surface area (Å²) in [6.07, 6.45) is 2.40. The first kappa shape index (κ1) is 15.5. The molecule has 114 valence electrons. The van der Waals surface area contributed by atoms with Crippen molar-refractivity contribution in [2.75, 3.05) is 39.9 Å². The Bertz CT molecular complexity index is 397. The number of aryl methyl sites for hydroxylation is 1. The largest absolute Gasteiger partial charge is 0.465 e. The van der Waals surface area contributed by atoms with Crippen LogP contribution in [0.15, 0.2) is 16.5 Å². The maximum Gasteiger partial charge on any atom is 0.118 e. The molecule has 1 aliphatic heterocycles. The summed E-state index contributed by atoms with van der Waals surface area (Å²) in [6, 6.07) is 4.10. The quantitative estimate of drug-likeness (QED) is 0.832. The van der Waals surface area contributed by atoms with Crippen molar-refractivity contribution in [2.24, 2.45) is 5.41 Å². The normalized spacial score (nSPS) is 23.4. The second kappa shape index (κ2) is 7.25. The Hall–Kier alpha value is -0.840. The first-order chi connectivity index (χ1) is 9.63. The van der Waals surface area contributed by atoms with Gasteiger partial charge < -0.3 is 14.5 Å². The van der Waals surface area contributed by atoms with Gasteiger partial charge in [0, 0.05) is 25.1 Å². The first-order valence-corrected chi connectivity index (χ1v) is 7.66. The maximum absolute atomic E-state index is 5.75. The second-order valence-electron chi connectivity index (χ2n) is 6.12. The summed E-state index contributed by atoms with van der Waals surface area (Å²) in [5, 5.41) is 3.50. The van der Waals surface area contributed by atoms with E-state index in [1.807, 2.05) is 13.0 Å². The molecular formula is C16H28N2O2. The Kier molecular flexibility index (Phi) is 5.64. The van der Waals surface area contributed by atoms with Gasteiger partial charge in [0.2, 0.25) is 0 Å². The molecule has 0 saturated carbocycles. The molecule has 0 amide bonds. The molecule has 1 atom stereocenters. The minimum Gasteiger partial charge on any atom is -0.465 e. The molecule has 1 N–H and O–H groups in total. The zero-order valence-corrected chi connectivity index (χ0v) is 13.1. The molecule has 2 heterocycles. The van der Waals surface area contributed by atoms with Crippen molar-refractivity contribution >= 4 is 0 Å². The van der Waals surface area contributed by atoms with Gasteiger partial charge in [0.1, 0.15) is 11.5 Å². The van der Waals surface area contributed by atoms with Crippen LogP contribution in [0.2, 0.25) is 0 Å². The van der Waals surface area contributed by atoms with E-state index in [1.165, 1.54) is 12.8 Å². The van der Waals surface area contributed by atoms with Gasteiger partial charge in [-0.15, -0.1) is 0 Å². The van der Waals surface area contributed by atoms with Gasteiger partial charge in [-0.1, -0.05) is 6.92 Å². The fourth-order valence-electron chi connectivity index (χ4n) is 3.08. The van der Waals surface area contributed by atoms with Crippen LogP contribution in [0.4, 0.5) is 0 Å². The van der Waals surface area contributed by atoms with Crippen LogP contribution in [0.5, 0.6) is 0 Å². The van der Waals surface area contributed by atoms with Crippen LogP contribution in [-0.2, 0) is 11.3 Å². The predicted octanol–water partition coefficient (Wildman–Crippen LogP) is 2.43. The summed E-state index contributed by atoms with van der Waals surface area (Å²) in [4.78, 5) is 2.35. The highest BCUT2D eigenvalue weighted by molar-refractivity contribution is 5.05. The van der Waals surface area contributed by atoms with Crippen molar-refractivity contribution in [3.05, 3.63) is 23.7 Å². The number of hydrogen-bond donors (Lipinski definition) is 1. The van der Waals surface area contributed by atoms with E-state index in [0.717, 1.165) is 50.9 Å². The van der Waals surface area contributed by atoms with Gasteiger partial charge in [0.05, 0.1) is 13.2 Å². The maximum atomic E-state index is 5.75. The van der Waals surface area contributed by atoms with Crippen molar-refractivity contribution in [1.82, 2.24) is 10.2 Å². The highest BCUT2D eigenvalue weighted by atomic mass is 16.5. The van der Waals surface area contributed by atoms with Crippen LogP contribution in [-0.4, -0.2) is 44.8 Å². The Morgan fingerprint density at radius 2 is 2.25 bits per heavy atom. The first-order valence-electron chi connectivity index (χ1n) is 7.66. The fraction of sp³-hybridized carbons (Fsp3) is 0.750. The predicted molar refractivity (Wildman–Crippen MR) is 80.8 cm³/mol. The van der Waals surface area contributed by atoms with Crippen LogP contribution in [0.3, 0.4) is 0 Å². The van der Waals surface area contributed by atoms with Crippen LogP contribution in [0.1, 0.15) is 31.3 Å². The van der Waals surface area contributed by atoms with Crippen molar-refractivity contribution in [3.63, 3.8) is 0 Å². The van der Waals surface area contributed by atoms with Gasteiger partial charge in [0.15, 0.2) is 0 Å². The Morgan fingerprint density at radius 3 is 2.85 bits per heavy atom. The zero-order chi connectivity index (χ0) is 14.4. The van der Waals surface area contributed by atoms with E-state index in [1.54, 1.807) is 0 Å². The average Bonchev–Trinajstić information content (AvgIpc) is 2.82. The summed E-state index contributed by atoms with van der Waals surface area (Å²) in [7, 11) is 2.17. The van der Waals surface area contributed by atoms with E-state index in [4.69, 9.17) is 9.15 Å². The molecule has 0 spiro atoms. The summed E-state index contributed by atoms with van der Waals surface area (Å²) >= 11 is 0. The van der Waals surface area contributed by atoms with E-state index < -0.39 is 0 Å². The molecule has 4 nitrogen and oxygen atoms in total. The van der Waals surface area contributed by atoms with Gasteiger partial charge in [-0.2, -0.15) is 0 Å². The summed E-state index contributed by atoms with van der Waals surface area (Å²) in [5.74, 6) is 2.03. The monoisotopic (exact) mass is 280 g/mol. The highest BCUT2D eigenvalue weighted by Gasteiger charge is 2.33. The summed E-state index contributed by atoms with van der Waals surface area (Å²) < 4.78 is 11.4.